The van der Waals surface area contributed by atoms with Crippen LogP contribution in [0.25, 0.3) is 0 Å². The lowest BCUT2D eigenvalue weighted by Gasteiger charge is -2.66. The van der Waals surface area contributed by atoms with Crippen LogP contribution < -0.4 is 0 Å². The molecule has 0 radical (unpaired) electrons. The van der Waals surface area contributed by atoms with Crippen molar-refractivity contribution in [2.24, 2.45) is 34.0 Å². The fourth-order valence-electron chi connectivity index (χ4n) is 7.85. The molecule has 142 valence electrons. The third-order valence-corrected chi connectivity index (χ3v) is 9.26. The summed E-state index contributed by atoms with van der Waals surface area (Å²) in [5, 5.41) is 41.7. The van der Waals surface area contributed by atoms with E-state index in [2.05, 4.69) is 6.92 Å². The van der Waals surface area contributed by atoms with E-state index in [1.165, 1.54) is 0 Å². The zero-order valence-electron chi connectivity index (χ0n) is 15.4. The number of fused-ring (bicyclic) bond motifs is 2. The van der Waals surface area contributed by atoms with Crippen LogP contribution in [0.1, 0.15) is 58.8 Å². The van der Waals surface area contributed by atoms with Gasteiger partial charge < -0.3 is 20.4 Å². The van der Waals surface area contributed by atoms with Gasteiger partial charge in [0.1, 0.15) is 5.78 Å². The van der Waals surface area contributed by atoms with Crippen molar-refractivity contribution >= 4 is 5.78 Å². The molecule has 0 heterocycles. The number of hydrogen-bond acceptors (Lipinski definition) is 5. The van der Waals surface area contributed by atoms with Crippen LogP contribution in [0.3, 0.4) is 0 Å². The molecule has 25 heavy (non-hydrogen) atoms. The maximum absolute atomic E-state index is 12.7. The predicted octanol–water partition coefficient (Wildman–Crippen LogP) is 1.26. The van der Waals surface area contributed by atoms with E-state index in [-0.39, 0.29) is 41.7 Å². The van der Waals surface area contributed by atoms with E-state index < -0.39 is 17.1 Å². The Kier molecular flexibility index (Phi) is 3.78. The molecule has 4 saturated carbocycles. The number of carbonyl (C=O) groups excluding carboxylic acids is 1. The summed E-state index contributed by atoms with van der Waals surface area (Å²) in [5.41, 5.74) is -2.09. The monoisotopic (exact) mass is 352 g/mol. The first-order chi connectivity index (χ1) is 11.7. The van der Waals surface area contributed by atoms with Gasteiger partial charge in [0, 0.05) is 12.3 Å². The molecular weight excluding hydrogens is 320 g/mol. The summed E-state index contributed by atoms with van der Waals surface area (Å²) in [5.74, 6) is 0.229. The first-order valence-corrected chi connectivity index (χ1v) is 9.82. The number of carbonyl (C=O) groups is 1. The van der Waals surface area contributed by atoms with Crippen LogP contribution in [0.2, 0.25) is 0 Å². The van der Waals surface area contributed by atoms with E-state index in [1.807, 2.05) is 6.92 Å². The molecule has 0 aromatic carbocycles. The molecule has 0 aromatic rings. The molecule has 0 amide bonds. The number of Topliss-reactive ketones (excluding diaryl/α,β-unsaturated/α-hetero) is 1. The second-order valence-electron chi connectivity index (χ2n) is 9.95. The summed E-state index contributed by atoms with van der Waals surface area (Å²) >= 11 is 0. The van der Waals surface area contributed by atoms with E-state index in [9.17, 15) is 25.2 Å². The Labute approximate surface area is 149 Å². The van der Waals surface area contributed by atoms with Gasteiger partial charge in [-0.1, -0.05) is 13.8 Å². The molecule has 1 spiro atoms. The van der Waals surface area contributed by atoms with Gasteiger partial charge in [0.25, 0.3) is 0 Å². The van der Waals surface area contributed by atoms with Gasteiger partial charge in [-0.15, -0.1) is 0 Å². The van der Waals surface area contributed by atoms with Crippen molar-refractivity contribution < 1.29 is 25.2 Å². The lowest BCUT2D eigenvalue weighted by molar-refractivity contribution is -0.219. The number of aliphatic hydroxyl groups excluding tert-OH is 3. The van der Waals surface area contributed by atoms with Gasteiger partial charge in [-0.3, -0.25) is 4.79 Å². The second-order valence-corrected chi connectivity index (χ2v) is 9.95. The van der Waals surface area contributed by atoms with Crippen molar-refractivity contribution in [1.82, 2.24) is 0 Å². The lowest BCUT2D eigenvalue weighted by Crippen LogP contribution is -2.66. The highest BCUT2D eigenvalue weighted by Crippen LogP contribution is 2.74. The predicted molar refractivity (Wildman–Crippen MR) is 91.6 cm³/mol. The molecule has 0 saturated heterocycles. The Morgan fingerprint density at radius 2 is 1.76 bits per heavy atom. The fourth-order valence-corrected chi connectivity index (χ4v) is 7.85. The van der Waals surface area contributed by atoms with Gasteiger partial charge in [0.2, 0.25) is 0 Å². The van der Waals surface area contributed by atoms with Crippen LogP contribution in [0.5, 0.6) is 0 Å². The molecule has 8 atom stereocenters. The molecule has 0 aliphatic heterocycles. The van der Waals surface area contributed by atoms with E-state index in [0.717, 1.165) is 25.7 Å². The van der Waals surface area contributed by atoms with Crippen LogP contribution in [0, 0.1) is 34.0 Å². The molecule has 4 fully saturated rings. The summed E-state index contributed by atoms with van der Waals surface area (Å²) in [6.45, 7) is 3.64. The highest BCUT2D eigenvalue weighted by Gasteiger charge is 2.72. The van der Waals surface area contributed by atoms with Crippen molar-refractivity contribution in [1.29, 1.82) is 0 Å². The Hall–Kier alpha value is -0.490. The highest BCUT2D eigenvalue weighted by molar-refractivity contribution is 5.86. The van der Waals surface area contributed by atoms with E-state index >= 15 is 0 Å². The van der Waals surface area contributed by atoms with Gasteiger partial charge in [-0.05, 0) is 61.2 Å². The van der Waals surface area contributed by atoms with Crippen molar-refractivity contribution in [2.45, 2.75) is 70.5 Å². The Bertz CT molecular complexity index is 593. The average Bonchev–Trinajstić information content (AvgIpc) is 2.92. The smallest absolute Gasteiger partial charge is 0.141 e. The summed E-state index contributed by atoms with van der Waals surface area (Å²) in [7, 11) is 0. The summed E-state index contributed by atoms with van der Waals surface area (Å²) in [4.78, 5) is 12.7. The van der Waals surface area contributed by atoms with Crippen LogP contribution >= 0.6 is 0 Å². The van der Waals surface area contributed by atoms with Crippen molar-refractivity contribution in [3.63, 3.8) is 0 Å². The minimum absolute atomic E-state index is 0.0000926. The summed E-state index contributed by atoms with van der Waals surface area (Å²) < 4.78 is 0. The third-order valence-electron chi connectivity index (χ3n) is 9.26. The summed E-state index contributed by atoms with van der Waals surface area (Å²) in [6.07, 6.45) is 4.40. The first kappa shape index (κ1) is 17.9. The number of aliphatic hydroxyl groups is 4. The minimum Gasteiger partial charge on any atom is -0.395 e. The Morgan fingerprint density at radius 3 is 2.40 bits per heavy atom. The van der Waals surface area contributed by atoms with Gasteiger partial charge >= 0.3 is 0 Å². The molecule has 2 bridgehead atoms. The van der Waals surface area contributed by atoms with Crippen molar-refractivity contribution in [3.05, 3.63) is 0 Å². The normalized spacial score (nSPS) is 57.9. The molecule has 0 unspecified atom stereocenters. The second kappa shape index (κ2) is 5.28. The topological polar surface area (TPSA) is 98.0 Å². The van der Waals surface area contributed by atoms with E-state index in [4.69, 9.17) is 0 Å². The molecule has 5 nitrogen and oxygen atoms in total. The van der Waals surface area contributed by atoms with Gasteiger partial charge in [-0.2, -0.15) is 0 Å². The van der Waals surface area contributed by atoms with Crippen LogP contribution in [-0.4, -0.2) is 51.1 Å². The van der Waals surface area contributed by atoms with Crippen molar-refractivity contribution in [3.8, 4) is 0 Å². The quantitative estimate of drug-likeness (QED) is 0.600. The largest absolute Gasteiger partial charge is 0.395 e. The maximum atomic E-state index is 12.7. The van der Waals surface area contributed by atoms with Crippen LogP contribution in [-0.2, 0) is 4.79 Å². The zero-order valence-corrected chi connectivity index (χ0v) is 15.4. The highest BCUT2D eigenvalue weighted by atomic mass is 16.3. The third kappa shape index (κ3) is 1.96. The van der Waals surface area contributed by atoms with E-state index in [0.29, 0.717) is 25.2 Å². The lowest BCUT2D eigenvalue weighted by atomic mass is 9.38. The van der Waals surface area contributed by atoms with Gasteiger partial charge in [0.05, 0.1) is 30.3 Å². The summed E-state index contributed by atoms with van der Waals surface area (Å²) in [6, 6.07) is 0. The van der Waals surface area contributed by atoms with Crippen LogP contribution in [0.4, 0.5) is 0 Å². The minimum atomic E-state index is -0.996. The SMILES string of the molecule is C[C@]12CCC(=O)[C@@](C)(CO)[C@@H]1[C@H](O)C[C@H]1C[C@@H]3C[C@@]12CC[C@]3(O)CO. The standard InChI is InChI=1S/C20H32O5/c1-17(10-21)15(24)3-4-18(2)16(17)14(23)8-12-7-13-9-19(12,18)5-6-20(13,25)11-22/h12-14,16,21-23,25H,3-11H2,1-2H3/t12-,13-,14-,16+,17-,18+,19+,20+/m1/s1. The average molecular weight is 352 g/mol. The van der Waals surface area contributed by atoms with Gasteiger partial charge in [-0.25, -0.2) is 0 Å². The van der Waals surface area contributed by atoms with E-state index in [1.54, 1.807) is 0 Å². The maximum Gasteiger partial charge on any atom is 0.141 e. The number of rotatable bonds is 2. The molecule has 5 heteroatoms. The first-order valence-electron chi connectivity index (χ1n) is 9.82. The number of ketones is 1. The fraction of sp³-hybridized carbons (Fsp3) is 0.950. The Balaban J connectivity index is 1.80. The Morgan fingerprint density at radius 1 is 1.04 bits per heavy atom. The number of hydrogen-bond donors (Lipinski definition) is 4. The van der Waals surface area contributed by atoms with Crippen LogP contribution in [0.15, 0.2) is 0 Å². The molecule has 4 aliphatic rings. The van der Waals surface area contributed by atoms with Crippen molar-refractivity contribution in [2.75, 3.05) is 13.2 Å². The molecule has 4 rings (SSSR count). The molecular formula is C20H32O5. The molecule has 4 N–H and O–H groups in total. The molecule has 4 aliphatic carbocycles. The van der Waals surface area contributed by atoms with Gasteiger partial charge in [0.15, 0.2) is 0 Å². The zero-order chi connectivity index (χ0) is 18.3. The molecule has 0 aromatic heterocycles.